The van der Waals surface area contributed by atoms with Crippen LogP contribution in [0.5, 0.6) is 0 Å². The van der Waals surface area contributed by atoms with Crippen molar-refractivity contribution in [3.63, 3.8) is 0 Å². The first-order valence-electron chi connectivity index (χ1n) is 10.3. The van der Waals surface area contributed by atoms with Crippen LogP contribution >= 0.6 is 0 Å². The summed E-state index contributed by atoms with van der Waals surface area (Å²) in [5.41, 5.74) is 4.70. The molecule has 156 valence electrons. The number of hydrogen-bond donors (Lipinski definition) is 1. The average molecular weight is 406 g/mol. The van der Waals surface area contributed by atoms with Crippen LogP contribution in [0.1, 0.15) is 11.1 Å². The highest BCUT2D eigenvalue weighted by atomic mass is 16.5. The van der Waals surface area contributed by atoms with Crippen LogP contribution in [0, 0.1) is 13.8 Å². The van der Waals surface area contributed by atoms with Gasteiger partial charge in [-0.05, 0) is 37.1 Å². The fourth-order valence-electron chi connectivity index (χ4n) is 3.89. The summed E-state index contributed by atoms with van der Waals surface area (Å²) in [5.74, 6) is 1.17. The Morgan fingerprint density at radius 3 is 2.57 bits per heavy atom. The van der Waals surface area contributed by atoms with E-state index in [0.717, 1.165) is 45.1 Å². The molecule has 1 aromatic carbocycles. The quantitative estimate of drug-likeness (QED) is 0.688. The van der Waals surface area contributed by atoms with Crippen LogP contribution in [0.4, 0.5) is 17.3 Å². The summed E-state index contributed by atoms with van der Waals surface area (Å²) in [6, 6.07) is 5.08. The molecule has 2 aliphatic heterocycles. The normalized spacial score (nSPS) is 17.7. The Morgan fingerprint density at radius 1 is 1.03 bits per heavy atom. The maximum absolute atomic E-state index is 5.35. The van der Waals surface area contributed by atoms with E-state index in [1.807, 2.05) is 0 Å². The molecule has 2 fully saturated rings. The van der Waals surface area contributed by atoms with Crippen molar-refractivity contribution in [1.82, 2.24) is 29.6 Å². The van der Waals surface area contributed by atoms with Crippen molar-refractivity contribution in [1.29, 1.82) is 0 Å². The van der Waals surface area contributed by atoms with Gasteiger partial charge in [-0.2, -0.15) is 9.67 Å². The molecule has 0 spiro atoms. The predicted molar refractivity (Wildman–Crippen MR) is 115 cm³/mol. The summed E-state index contributed by atoms with van der Waals surface area (Å²) in [4.78, 5) is 17.7. The van der Waals surface area contributed by atoms with Crippen molar-refractivity contribution < 1.29 is 4.74 Å². The zero-order valence-corrected chi connectivity index (χ0v) is 17.3. The summed E-state index contributed by atoms with van der Waals surface area (Å²) in [6.07, 6.45) is 6.57. The monoisotopic (exact) mass is 406 g/mol. The third kappa shape index (κ3) is 3.73. The second-order valence-electron chi connectivity index (χ2n) is 7.85. The summed E-state index contributed by atoms with van der Waals surface area (Å²) < 4.78 is 6.96. The molecule has 1 N–H and O–H groups in total. The van der Waals surface area contributed by atoms with E-state index < -0.39 is 0 Å². The molecule has 2 saturated heterocycles. The predicted octanol–water partition coefficient (Wildman–Crippen LogP) is 1.94. The van der Waals surface area contributed by atoms with E-state index in [-0.39, 0.29) is 0 Å². The molecule has 0 aliphatic carbocycles. The molecule has 30 heavy (non-hydrogen) atoms. The molecular weight excluding hydrogens is 380 g/mol. The lowest BCUT2D eigenvalue weighted by atomic mass is 10.1. The standard InChI is InChI=1S/C21H26N8O/c1-15-9-17(27-5-7-28(8-6-27)18-12-30-13-18)10-19(16(15)2)25-21-24-14-29(26-21)20-11-22-3-4-23-20/h3-4,9-11,14,18H,5-8,12-13H2,1-2H3,(H,25,26). The van der Waals surface area contributed by atoms with Gasteiger partial charge in [0.25, 0.3) is 0 Å². The van der Waals surface area contributed by atoms with Crippen molar-refractivity contribution in [2.45, 2.75) is 19.9 Å². The van der Waals surface area contributed by atoms with Crippen LogP contribution in [-0.4, -0.2) is 75.1 Å². The number of rotatable bonds is 5. The SMILES string of the molecule is Cc1cc(N2CCN(C3COC3)CC2)cc(Nc2ncn(-c3cnccn3)n2)c1C. The Balaban J connectivity index is 1.32. The molecule has 0 saturated carbocycles. The molecule has 0 atom stereocenters. The van der Waals surface area contributed by atoms with Gasteiger partial charge in [-0.25, -0.2) is 4.98 Å². The van der Waals surface area contributed by atoms with Gasteiger partial charge in [0, 0.05) is 49.9 Å². The summed E-state index contributed by atoms with van der Waals surface area (Å²) in [7, 11) is 0. The Morgan fingerprint density at radius 2 is 1.87 bits per heavy atom. The number of nitrogens with zero attached hydrogens (tertiary/aromatic N) is 7. The molecule has 0 unspecified atom stereocenters. The average Bonchev–Trinajstić information content (AvgIpc) is 3.20. The van der Waals surface area contributed by atoms with Crippen LogP contribution in [-0.2, 0) is 4.74 Å². The molecule has 2 aromatic heterocycles. The third-order valence-electron chi connectivity index (χ3n) is 5.99. The number of aryl methyl sites for hydroxylation is 1. The van der Waals surface area contributed by atoms with Crippen LogP contribution in [0.25, 0.3) is 5.82 Å². The highest BCUT2D eigenvalue weighted by Gasteiger charge is 2.29. The van der Waals surface area contributed by atoms with Gasteiger partial charge in [0.1, 0.15) is 6.33 Å². The van der Waals surface area contributed by atoms with Gasteiger partial charge < -0.3 is 15.0 Å². The van der Waals surface area contributed by atoms with Crippen LogP contribution in [0.2, 0.25) is 0 Å². The number of hydrogen-bond acceptors (Lipinski definition) is 8. The summed E-state index contributed by atoms with van der Waals surface area (Å²) in [6.45, 7) is 10.2. The lowest BCUT2D eigenvalue weighted by Crippen LogP contribution is -2.56. The number of benzene rings is 1. The molecular formula is C21H26N8O. The highest BCUT2D eigenvalue weighted by Crippen LogP contribution is 2.29. The molecule has 9 heteroatoms. The van der Waals surface area contributed by atoms with E-state index in [4.69, 9.17) is 4.74 Å². The van der Waals surface area contributed by atoms with Crippen LogP contribution in [0.15, 0.2) is 37.1 Å². The van der Waals surface area contributed by atoms with Crippen molar-refractivity contribution in [3.05, 3.63) is 48.2 Å². The lowest BCUT2D eigenvalue weighted by Gasteiger charge is -2.43. The van der Waals surface area contributed by atoms with Gasteiger partial charge in [0.05, 0.1) is 25.5 Å². The van der Waals surface area contributed by atoms with Gasteiger partial charge in [0.2, 0.25) is 5.95 Å². The minimum Gasteiger partial charge on any atom is -0.378 e. The van der Waals surface area contributed by atoms with Gasteiger partial charge in [-0.15, -0.1) is 5.10 Å². The van der Waals surface area contributed by atoms with Gasteiger partial charge >= 0.3 is 0 Å². The fourth-order valence-corrected chi connectivity index (χ4v) is 3.89. The number of aromatic nitrogens is 5. The second-order valence-corrected chi connectivity index (χ2v) is 7.85. The molecule has 3 aromatic rings. The van der Waals surface area contributed by atoms with E-state index in [9.17, 15) is 0 Å². The Labute approximate surface area is 175 Å². The Bertz CT molecular complexity index is 1010. The lowest BCUT2D eigenvalue weighted by molar-refractivity contribution is -0.0660. The zero-order valence-electron chi connectivity index (χ0n) is 17.3. The number of piperazine rings is 1. The largest absolute Gasteiger partial charge is 0.378 e. The van der Waals surface area contributed by atoms with E-state index >= 15 is 0 Å². The zero-order chi connectivity index (χ0) is 20.5. The van der Waals surface area contributed by atoms with E-state index in [0.29, 0.717) is 17.8 Å². The van der Waals surface area contributed by atoms with E-state index in [1.54, 1.807) is 29.6 Å². The minimum atomic E-state index is 0.537. The first-order chi connectivity index (χ1) is 14.7. The Hall–Kier alpha value is -3.04. The van der Waals surface area contributed by atoms with Crippen molar-refractivity contribution in [2.24, 2.45) is 0 Å². The number of anilines is 3. The van der Waals surface area contributed by atoms with Crippen molar-refractivity contribution in [3.8, 4) is 5.82 Å². The third-order valence-corrected chi connectivity index (χ3v) is 5.99. The molecule has 2 aliphatic rings. The van der Waals surface area contributed by atoms with Crippen molar-refractivity contribution in [2.75, 3.05) is 49.6 Å². The fraction of sp³-hybridized carbons (Fsp3) is 0.429. The Kier molecular flexibility index (Phi) is 5.06. The molecule has 9 nitrogen and oxygen atoms in total. The highest BCUT2D eigenvalue weighted by molar-refractivity contribution is 5.68. The molecule has 0 radical (unpaired) electrons. The van der Waals surface area contributed by atoms with Crippen LogP contribution < -0.4 is 10.2 Å². The van der Waals surface area contributed by atoms with Gasteiger partial charge in [-0.1, -0.05) is 0 Å². The topological polar surface area (TPSA) is 84.2 Å². The molecule has 4 heterocycles. The first-order valence-corrected chi connectivity index (χ1v) is 10.3. The summed E-state index contributed by atoms with van der Waals surface area (Å²) in [5, 5.41) is 7.88. The second kappa shape index (κ2) is 8.00. The first kappa shape index (κ1) is 19.0. The van der Waals surface area contributed by atoms with Gasteiger partial charge in [-0.3, -0.25) is 9.88 Å². The minimum absolute atomic E-state index is 0.537. The number of nitrogens with one attached hydrogen (secondary N) is 1. The smallest absolute Gasteiger partial charge is 0.247 e. The number of ether oxygens (including phenoxy) is 1. The van der Waals surface area contributed by atoms with Gasteiger partial charge in [0.15, 0.2) is 5.82 Å². The molecule has 0 amide bonds. The van der Waals surface area contributed by atoms with Crippen LogP contribution in [0.3, 0.4) is 0 Å². The maximum atomic E-state index is 5.35. The maximum Gasteiger partial charge on any atom is 0.247 e. The van der Waals surface area contributed by atoms with Crippen molar-refractivity contribution >= 4 is 17.3 Å². The van der Waals surface area contributed by atoms with E-state index in [1.165, 1.54) is 16.8 Å². The summed E-state index contributed by atoms with van der Waals surface area (Å²) >= 11 is 0. The molecule has 0 bridgehead atoms. The van der Waals surface area contributed by atoms with E-state index in [2.05, 4.69) is 61.1 Å². The molecule has 5 rings (SSSR count).